The Morgan fingerprint density at radius 2 is 2.05 bits per heavy atom. The fourth-order valence-corrected chi connectivity index (χ4v) is 2.48. The second kappa shape index (κ2) is 6.58. The fraction of sp³-hybridized carbons (Fsp3) is 0.294. The Balaban J connectivity index is 1.77. The topological polar surface area (TPSA) is 47.1 Å². The van der Waals surface area contributed by atoms with Crippen LogP contribution in [0.1, 0.15) is 22.6 Å². The minimum absolute atomic E-state index is 0.760. The van der Waals surface area contributed by atoms with Crippen LogP contribution in [0.5, 0.6) is 0 Å². The van der Waals surface area contributed by atoms with Crippen molar-refractivity contribution in [1.29, 1.82) is 0 Å². The molecule has 5 heteroatoms. The molecule has 114 valence electrons. The van der Waals surface area contributed by atoms with E-state index in [1.807, 2.05) is 42.3 Å². The van der Waals surface area contributed by atoms with Gasteiger partial charge in [0.15, 0.2) is 0 Å². The molecule has 0 aliphatic heterocycles. The van der Waals surface area contributed by atoms with Crippen molar-refractivity contribution in [1.82, 2.24) is 19.7 Å². The predicted octanol–water partition coefficient (Wildman–Crippen LogP) is 2.92. The first-order valence-corrected chi connectivity index (χ1v) is 7.33. The van der Waals surface area contributed by atoms with Crippen LogP contribution < -0.4 is 0 Å². The molecule has 0 saturated heterocycles. The SMILES string of the molecule is Cc1c(CN(Cc2cccnc2)Cc2ccco2)cnn1C. The van der Waals surface area contributed by atoms with Crippen molar-refractivity contribution in [3.05, 3.63) is 71.7 Å². The first kappa shape index (κ1) is 14.5. The van der Waals surface area contributed by atoms with Crippen molar-refractivity contribution in [2.24, 2.45) is 7.05 Å². The van der Waals surface area contributed by atoms with E-state index in [1.165, 1.54) is 16.8 Å². The van der Waals surface area contributed by atoms with E-state index < -0.39 is 0 Å². The van der Waals surface area contributed by atoms with Crippen LogP contribution in [0.3, 0.4) is 0 Å². The standard InChI is InChI=1S/C17H20N4O/c1-14-16(10-19-20(14)2)12-21(13-17-6-4-8-22-17)11-15-5-3-7-18-9-15/h3-10H,11-13H2,1-2H3. The van der Waals surface area contributed by atoms with Crippen LogP contribution in [-0.4, -0.2) is 19.7 Å². The van der Waals surface area contributed by atoms with Gasteiger partial charge in [0.05, 0.1) is 19.0 Å². The molecule has 0 amide bonds. The van der Waals surface area contributed by atoms with E-state index in [9.17, 15) is 0 Å². The van der Waals surface area contributed by atoms with Crippen molar-refractivity contribution in [3.8, 4) is 0 Å². The van der Waals surface area contributed by atoms with Gasteiger partial charge in [-0.15, -0.1) is 0 Å². The number of pyridine rings is 1. The van der Waals surface area contributed by atoms with Gasteiger partial charge < -0.3 is 4.42 Å². The first-order valence-electron chi connectivity index (χ1n) is 7.33. The summed E-state index contributed by atoms with van der Waals surface area (Å²) in [6.45, 7) is 4.51. The number of nitrogens with zero attached hydrogens (tertiary/aromatic N) is 4. The van der Waals surface area contributed by atoms with Crippen LogP contribution in [-0.2, 0) is 26.7 Å². The predicted molar refractivity (Wildman–Crippen MR) is 83.8 cm³/mol. The van der Waals surface area contributed by atoms with Gasteiger partial charge in [-0.2, -0.15) is 5.10 Å². The van der Waals surface area contributed by atoms with Crippen molar-refractivity contribution in [3.63, 3.8) is 0 Å². The zero-order chi connectivity index (χ0) is 15.4. The highest BCUT2D eigenvalue weighted by Gasteiger charge is 2.13. The fourth-order valence-electron chi connectivity index (χ4n) is 2.48. The molecule has 0 aliphatic rings. The van der Waals surface area contributed by atoms with E-state index in [0.29, 0.717) is 0 Å². The van der Waals surface area contributed by atoms with Crippen LogP contribution >= 0.6 is 0 Å². The summed E-state index contributed by atoms with van der Waals surface area (Å²) in [5.41, 5.74) is 3.61. The van der Waals surface area contributed by atoms with Gasteiger partial charge in [-0.3, -0.25) is 14.6 Å². The van der Waals surface area contributed by atoms with E-state index in [0.717, 1.165) is 25.4 Å². The van der Waals surface area contributed by atoms with Crippen LogP contribution in [0, 0.1) is 6.92 Å². The van der Waals surface area contributed by atoms with Crippen molar-refractivity contribution >= 4 is 0 Å². The highest BCUT2D eigenvalue weighted by Crippen LogP contribution is 2.16. The van der Waals surface area contributed by atoms with Crippen LogP contribution in [0.15, 0.2) is 53.5 Å². The Hall–Kier alpha value is -2.40. The van der Waals surface area contributed by atoms with Gasteiger partial charge in [0.2, 0.25) is 0 Å². The second-order valence-electron chi connectivity index (χ2n) is 5.46. The monoisotopic (exact) mass is 296 g/mol. The van der Waals surface area contributed by atoms with Crippen LogP contribution in [0.4, 0.5) is 0 Å². The maximum absolute atomic E-state index is 5.50. The molecular weight excluding hydrogens is 276 g/mol. The minimum Gasteiger partial charge on any atom is -0.468 e. The molecule has 3 heterocycles. The lowest BCUT2D eigenvalue weighted by Gasteiger charge is -2.21. The van der Waals surface area contributed by atoms with E-state index >= 15 is 0 Å². The lowest BCUT2D eigenvalue weighted by molar-refractivity contribution is 0.226. The summed E-state index contributed by atoms with van der Waals surface area (Å²) in [6, 6.07) is 7.99. The molecule has 5 nitrogen and oxygen atoms in total. The zero-order valence-electron chi connectivity index (χ0n) is 12.9. The van der Waals surface area contributed by atoms with Crippen molar-refractivity contribution in [2.45, 2.75) is 26.6 Å². The third-order valence-corrected chi connectivity index (χ3v) is 3.82. The van der Waals surface area contributed by atoms with Crippen LogP contribution in [0.25, 0.3) is 0 Å². The number of furan rings is 1. The number of aromatic nitrogens is 3. The number of hydrogen-bond acceptors (Lipinski definition) is 4. The summed E-state index contributed by atoms with van der Waals surface area (Å²) in [4.78, 5) is 6.53. The molecule has 0 unspecified atom stereocenters. The van der Waals surface area contributed by atoms with Gasteiger partial charge in [-0.1, -0.05) is 6.07 Å². The minimum atomic E-state index is 0.760. The van der Waals surface area contributed by atoms with Gasteiger partial charge in [0.25, 0.3) is 0 Å². The van der Waals surface area contributed by atoms with Gasteiger partial charge in [-0.05, 0) is 30.7 Å². The molecule has 0 radical (unpaired) electrons. The molecule has 3 rings (SSSR count). The molecule has 0 saturated carbocycles. The maximum atomic E-state index is 5.50. The summed E-state index contributed by atoms with van der Waals surface area (Å²) in [6.07, 6.45) is 7.36. The molecular formula is C17H20N4O. The molecule has 0 spiro atoms. The first-order chi connectivity index (χ1) is 10.7. The molecule has 0 fully saturated rings. The van der Waals surface area contributed by atoms with Gasteiger partial charge >= 0.3 is 0 Å². The molecule has 3 aromatic heterocycles. The summed E-state index contributed by atoms with van der Waals surface area (Å²) in [5.74, 6) is 0.963. The Labute approximate surface area is 130 Å². The smallest absolute Gasteiger partial charge is 0.117 e. The molecule has 0 aliphatic carbocycles. The lowest BCUT2D eigenvalue weighted by Crippen LogP contribution is -2.22. The highest BCUT2D eigenvalue weighted by atomic mass is 16.3. The average molecular weight is 296 g/mol. The Morgan fingerprint density at radius 3 is 2.68 bits per heavy atom. The van der Waals surface area contributed by atoms with E-state index in [4.69, 9.17) is 4.42 Å². The maximum Gasteiger partial charge on any atom is 0.117 e. The van der Waals surface area contributed by atoms with Crippen molar-refractivity contribution < 1.29 is 4.42 Å². The number of hydrogen-bond donors (Lipinski definition) is 0. The van der Waals surface area contributed by atoms with Gasteiger partial charge in [-0.25, -0.2) is 0 Å². The zero-order valence-corrected chi connectivity index (χ0v) is 12.9. The molecule has 0 atom stereocenters. The largest absolute Gasteiger partial charge is 0.468 e. The molecule has 0 N–H and O–H groups in total. The summed E-state index contributed by atoms with van der Waals surface area (Å²) in [7, 11) is 1.97. The number of aryl methyl sites for hydroxylation is 1. The summed E-state index contributed by atoms with van der Waals surface area (Å²) in [5, 5.41) is 4.33. The lowest BCUT2D eigenvalue weighted by atomic mass is 10.2. The van der Waals surface area contributed by atoms with Crippen LogP contribution in [0.2, 0.25) is 0 Å². The normalized spacial score (nSPS) is 11.2. The Kier molecular flexibility index (Phi) is 4.34. The molecule has 0 aromatic carbocycles. The third-order valence-electron chi connectivity index (χ3n) is 3.82. The Bertz CT molecular complexity index is 704. The van der Waals surface area contributed by atoms with E-state index in [1.54, 1.807) is 12.5 Å². The summed E-state index contributed by atoms with van der Waals surface area (Å²) >= 11 is 0. The van der Waals surface area contributed by atoms with Crippen molar-refractivity contribution in [2.75, 3.05) is 0 Å². The Morgan fingerprint density at radius 1 is 1.14 bits per heavy atom. The summed E-state index contributed by atoms with van der Waals surface area (Å²) < 4.78 is 7.40. The van der Waals surface area contributed by atoms with Gasteiger partial charge in [0, 0.05) is 43.8 Å². The number of rotatable bonds is 6. The second-order valence-corrected chi connectivity index (χ2v) is 5.46. The van der Waals surface area contributed by atoms with Gasteiger partial charge in [0.1, 0.15) is 5.76 Å². The molecule has 3 aromatic rings. The third kappa shape index (κ3) is 3.43. The van der Waals surface area contributed by atoms with E-state index in [2.05, 4.69) is 28.0 Å². The quantitative estimate of drug-likeness (QED) is 0.701. The molecule has 0 bridgehead atoms. The highest BCUT2D eigenvalue weighted by molar-refractivity contribution is 5.16. The molecule has 22 heavy (non-hydrogen) atoms. The average Bonchev–Trinajstić information content (AvgIpc) is 3.14. The van der Waals surface area contributed by atoms with E-state index in [-0.39, 0.29) is 0 Å².